The van der Waals surface area contributed by atoms with Crippen molar-refractivity contribution in [1.82, 2.24) is 5.32 Å². The minimum Gasteiger partial charge on any atom is -0.508 e. The number of amides is 1. The first kappa shape index (κ1) is 14.0. The molecule has 0 radical (unpaired) electrons. The van der Waals surface area contributed by atoms with Gasteiger partial charge in [0.05, 0.1) is 0 Å². The lowest BCUT2D eigenvalue weighted by atomic mass is 10.0. The highest BCUT2D eigenvalue weighted by molar-refractivity contribution is 5.98. The third kappa shape index (κ3) is 3.23. The number of aliphatic carboxylic acids is 1. The van der Waals surface area contributed by atoms with E-state index >= 15 is 0 Å². The Labute approximate surface area is 105 Å². The number of aromatic hydroxyl groups is 1. The first-order valence-corrected chi connectivity index (χ1v) is 5.66. The Morgan fingerprint density at radius 3 is 2.33 bits per heavy atom. The summed E-state index contributed by atoms with van der Waals surface area (Å²) in [5.41, 5.74) is 0.958. The molecule has 3 N–H and O–H groups in total. The van der Waals surface area contributed by atoms with Gasteiger partial charge in [-0.2, -0.15) is 0 Å². The molecule has 1 atom stereocenters. The van der Waals surface area contributed by atoms with Gasteiger partial charge >= 0.3 is 5.97 Å². The number of carbonyl (C=O) groups is 2. The zero-order valence-corrected chi connectivity index (χ0v) is 10.6. The molecule has 0 aliphatic carbocycles. The maximum Gasteiger partial charge on any atom is 0.326 e. The highest BCUT2D eigenvalue weighted by atomic mass is 16.4. The normalized spacial score (nSPS) is 12.2. The third-order valence-corrected chi connectivity index (χ3v) is 2.67. The van der Waals surface area contributed by atoms with Gasteiger partial charge in [0.15, 0.2) is 0 Å². The minimum absolute atomic E-state index is 0.0719. The molecule has 5 nitrogen and oxygen atoms in total. The summed E-state index contributed by atoms with van der Waals surface area (Å²) in [4.78, 5) is 22.9. The molecular formula is C13H17NO4. The minimum atomic E-state index is -1.06. The van der Waals surface area contributed by atoms with E-state index in [0.29, 0.717) is 11.1 Å². The molecule has 1 aromatic rings. The maximum atomic E-state index is 11.9. The summed E-state index contributed by atoms with van der Waals surface area (Å²) in [7, 11) is 0. The van der Waals surface area contributed by atoms with Crippen molar-refractivity contribution in [3.8, 4) is 5.75 Å². The molecule has 0 saturated carbocycles. The Morgan fingerprint density at radius 2 is 1.89 bits per heavy atom. The zero-order chi connectivity index (χ0) is 13.9. The molecule has 0 heterocycles. The van der Waals surface area contributed by atoms with Gasteiger partial charge in [0.1, 0.15) is 11.8 Å². The number of phenolic OH excluding ortho intramolecular Hbond substituents is 1. The molecule has 0 aliphatic rings. The summed E-state index contributed by atoms with van der Waals surface area (Å²) >= 11 is 0. The number of aryl methyl sites for hydroxylation is 1. The molecule has 0 saturated heterocycles. The lowest BCUT2D eigenvalue weighted by Crippen LogP contribution is -2.44. The number of hydrogen-bond donors (Lipinski definition) is 3. The van der Waals surface area contributed by atoms with Crippen molar-refractivity contribution in [3.05, 3.63) is 29.3 Å². The Balaban J connectivity index is 2.91. The zero-order valence-electron chi connectivity index (χ0n) is 10.6. The molecular weight excluding hydrogens is 234 g/mol. The predicted octanol–water partition coefficient (Wildman–Crippen LogP) is 1.54. The summed E-state index contributed by atoms with van der Waals surface area (Å²) < 4.78 is 0. The van der Waals surface area contributed by atoms with E-state index in [1.54, 1.807) is 20.8 Å². The molecule has 0 spiro atoms. The highest BCUT2D eigenvalue weighted by Gasteiger charge is 2.24. The second-order valence-electron chi connectivity index (χ2n) is 4.53. The third-order valence-electron chi connectivity index (χ3n) is 2.67. The Morgan fingerprint density at radius 1 is 1.28 bits per heavy atom. The first-order chi connectivity index (χ1) is 8.32. The van der Waals surface area contributed by atoms with E-state index in [9.17, 15) is 14.7 Å². The van der Waals surface area contributed by atoms with Crippen LogP contribution in [0.3, 0.4) is 0 Å². The van der Waals surface area contributed by atoms with Crippen LogP contribution in [0.25, 0.3) is 0 Å². The van der Waals surface area contributed by atoms with Crippen LogP contribution in [0, 0.1) is 12.8 Å². The molecule has 1 amide bonds. The molecule has 18 heavy (non-hydrogen) atoms. The van der Waals surface area contributed by atoms with E-state index in [2.05, 4.69) is 5.32 Å². The smallest absolute Gasteiger partial charge is 0.326 e. The van der Waals surface area contributed by atoms with Gasteiger partial charge in [0.25, 0.3) is 5.91 Å². The van der Waals surface area contributed by atoms with Crippen molar-refractivity contribution in [3.63, 3.8) is 0 Å². The summed E-state index contributed by atoms with van der Waals surface area (Å²) in [5.74, 6) is -1.64. The molecule has 1 aromatic carbocycles. The molecule has 0 aromatic heterocycles. The number of hydrogen-bond acceptors (Lipinski definition) is 3. The van der Waals surface area contributed by atoms with Gasteiger partial charge in [-0.1, -0.05) is 13.8 Å². The van der Waals surface area contributed by atoms with Crippen molar-refractivity contribution < 1.29 is 19.8 Å². The van der Waals surface area contributed by atoms with Crippen LogP contribution in [0.5, 0.6) is 5.75 Å². The van der Waals surface area contributed by atoms with E-state index in [1.165, 1.54) is 18.2 Å². The molecule has 1 rings (SSSR count). The molecule has 98 valence electrons. The van der Waals surface area contributed by atoms with Crippen LogP contribution in [-0.4, -0.2) is 28.1 Å². The maximum absolute atomic E-state index is 11.9. The number of carbonyl (C=O) groups excluding carboxylic acids is 1. The van der Waals surface area contributed by atoms with Crippen LogP contribution in [-0.2, 0) is 4.79 Å². The molecule has 1 unspecified atom stereocenters. The van der Waals surface area contributed by atoms with Crippen LogP contribution in [0.4, 0.5) is 0 Å². The molecule has 0 bridgehead atoms. The SMILES string of the molecule is Cc1cc(O)ccc1C(=O)NC(C(=O)O)C(C)C. The predicted molar refractivity (Wildman–Crippen MR) is 66.6 cm³/mol. The van der Waals surface area contributed by atoms with E-state index < -0.39 is 17.9 Å². The number of rotatable bonds is 4. The monoisotopic (exact) mass is 251 g/mol. The Kier molecular flexibility index (Phi) is 4.31. The summed E-state index contributed by atoms with van der Waals surface area (Å²) in [6.07, 6.45) is 0. The molecule has 5 heteroatoms. The van der Waals surface area contributed by atoms with Crippen molar-refractivity contribution in [2.45, 2.75) is 26.8 Å². The first-order valence-electron chi connectivity index (χ1n) is 5.66. The van der Waals surface area contributed by atoms with Crippen LogP contribution in [0.15, 0.2) is 18.2 Å². The number of phenols is 1. The van der Waals surface area contributed by atoms with E-state index in [1.807, 2.05) is 0 Å². The van der Waals surface area contributed by atoms with Gasteiger partial charge in [-0.25, -0.2) is 4.79 Å². The topological polar surface area (TPSA) is 86.6 Å². The van der Waals surface area contributed by atoms with E-state index in [4.69, 9.17) is 5.11 Å². The van der Waals surface area contributed by atoms with E-state index in [-0.39, 0.29) is 11.7 Å². The highest BCUT2D eigenvalue weighted by Crippen LogP contribution is 2.16. The fourth-order valence-electron chi connectivity index (χ4n) is 1.64. The number of carboxylic acids is 1. The van der Waals surface area contributed by atoms with Gasteiger partial charge in [-0.3, -0.25) is 4.79 Å². The summed E-state index contributed by atoms with van der Waals surface area (Å²) in [6, 6.07) is 3.40. The number of carboxylic acid groups (broad SMARTS) is 1. The fraction of sp³-hybridized carbons (Fsp3) is 0.385. The lowest BCUT2D eigenvalue weighted by Gasteiger charge is -2.18. The molecule has 0 fully saturated rings. The fourth-order valence-corrected chi connectivity index (χ4v) is 1.64. The Bertz CT molecular complexity index is 468. The van der Waals surface area contributed by atoms with Crippen molar-refractivity contribution in [1.29, 1.82) is 0 Å². The average Bonchev–Trinajstić information content (AvgIpc) is 2.24. The van der Waals surface area contributed by atoms with E-state index in [0.717, 1.165) is 0 Å². The lowest BCUT2D eigenvalue weighted by molar-refractivity contribution is -0.140. The van der Waals surface area contributed by atoms with Crippen LogP contribution in [0.1, 0.15) is 29.8 Å². The van der Waals surface area contributed by atoms with Crippen molar-refractivity contribution in [2.24, 2.45) is 5.92 Å². The number of nitrogens with one attached hydrogen (secondary N) is 1. The van der Waals surface area contributed by atoms with Gasteiger partial charge in [-0.05, 0) is 36.6 Å². The van der Waals surface area contributed by atoms with Crippen molar-refractivity contribution >= 4 is 11.9 Å². The second kappa shape index (κ2) is 5.53. The quantitative estimate of drug-likeness (QED) is 0.757. The van der Waals surface area contributed by atoms with Crippen LogP contribution in [0.2, 0.25) is 0 Å². The van der Waals surface area contributed by atoms with Gasteiger partial charge in [-0.15, -0.1) is 0 Å². The number of benzene rings is 1. The van der Waals surface area contributed by atoms with Crippen LogP contribution < -0.4 is 5.32 Å². The summed E-state index contributed by atoms with van der Waals surface area (Å²) in [5, 5.41) is 20.7. The van der Waals surface area contributed by atoms with Gasteiger partial charge < -0.3 is 15.5 Å². The second-order valence-corrected chi connectivity index (χ2v) is 4.53. The summed E-state index contributed by atoms with van der Waals surface area (Å²) in [6.45, 7) is 5.13. The van der Waals surface area contributed by atoms with Crippen molar-refractivity contribution in [2.75, 3.05) is 0 Å². The van der Waals surface area contributed by atoms with Gasteiger partial charge in [0, 0.05) is 5.56 Å². The standard InChI is InChI=1S/C13H17NO4/c1-7(2)11(13(17)18)14-12(16)10-5-4-9(15)6-8(10)3/h4-7,11,15H,1-3H3,(H,14,16)(H,17,18). The largest absolute Gasteiger partial charge is 0.508 e. The van der Waals surface area contributed by atoms with Crippen LogP contribution >= 0.6 is 0 Å². The Hall–Kier alpha value is -2.04. The molecule has 0 aliphatic heterocycles. The average molecular weight is 251 g/mol. The van der Waals surface area contributed by atoms with Gasteiger partial charge in [0.2, 0.25) is 0 Å².